The monoisotopic (exact) mass is 538 g/mol. The second-order valence-corrected chi connectivity index (χ2v) is 10.7. The number of ether oxygens (including phenoxy) is 1. The van der Waals surface area contributed by atoms with E-state index >= 15 is 4.39 Å². The van der Waals surface area contributed by atoms with Crippen molar-refractivity contribution in [2.45, 2.75) is 59.6 Å². The molecule has 2 heterocycles. The number of anilines is 1. The Bertz CT molecular complexity index is 1160. The maximum atomic E-state index is 16.1. The second-order valence-electron chi connectivity index (χ2n) is 9.52. The summed E-state index contributed by atoms with van der Waals surface area (Å²) in [4.78, 5) is 23.4. The highest BCUT2D eigenvalue weighted by Crippen LogP contribution is 2.38. The van der Waals surface area contributed by atoms with E-state index in [1.54, 1.807) is 39.2 Å². The first-order valence-electron chi connectivity index (χ1n) is 10.0. The third-order valence-electron chi connectivity index (χ3n) is 4.88. The first kappa shape index (κ1) is 23.4. The predicted molar refractivity (Wildman–Crippen MR) is 130 cm³/mol. The summed E-state index contributed by atoms with van der Waals surface area (Å²) in [7, 11) is 1.84. The summed E-state index contributed by atoms with van der Waals surface area (Å²) in [5.41, 5.74) is -0.337. The molecule has 0 aliphatic rings. The average Bonchev–Trinajstić information content (AvgIpc) is 2.94. The lowest BCUT2D eigenvalue weighted by molar-refractivity contribution is 0.0549. The molecule has 0 fully saturated rings. The van der Waals surface area contributed by atoms with E-state index in [2.05, 4.69) is 32.6 Å². The molecule has 0 unspecified atom stereocenters. The third-order valence-corrected chi connectivity index (χ3v) is 5.74. The van der Waals surface area contributed by atoms with Gasteiger partial charge in [-0.2, -0.15) is 0 Å². The van der Waals surface area contributed by atoms with Crippen LogP contribution in [-0.2, 0) is 11.8 Å². The van der Waals surface area contributed by atoms with Crippen molar-refractivity contribution in [3.8, 4) is 11.3 Å². The molecule has 1 amide bonds. The van der Waals surface area contributed by atoms with E-state index in [9.17, 15) is 4.79 Å². The van der Waals surface area contributed by atoms with Crippen LogP contribution in [0.4, 0.5) is 15.0 Å². The zero-order valence-electron chi connectivity index (χ0n) is 19.2. The van der Waals surface area contributed by atoms with Gasteiger partial charge in [-0.15, -0.1) is 0 Å². The molecule has 8 heteroatoms. The maximum absolute atomic E-state index is 16.1. The van der Waals surface area contributed by atoms with Crippen molar-refractivity contribution in [2.75, 3.05) is 4.90 Å². The molecule has 0 spiro atoms. The SMILES string of the molecule is Cc1ncc(-c2ccc3c(I)cnc(N(C(=O)OC(C)(C)C)C(C)(C)C)c3c2F)n1C. The molecule has 0 aliphatic heterocycles. The topological polar surface area (TPSA) is 60.3 Å². The molecule has 2 aromatic heterocycles. The predicted octanol–water partition coefficient (Wildman–Crippen LogP) is 6.23. The van der Waals surface area contributed by atoms with Crippen LogP contribution < -0.4 is 4.90 Å². The zero-order valence-corrected chi connectivity index (χ0v) is 21.3. The number of amides is 1. The number of imidazole rings is 1. The van der Waals surface area contributed by atoms with E-state index in [0.717, 1.165) is 9.39 Å². The summed E-state index contributed by atoms with van der Waals surface area (Å²) in [5, 5.41) is 0.965. The number of halogens is 2. The average molecular weight is 538 g/mol. The number of hydrogen-bond donors (Lipinski definition) is 0. The van der Waals surface area contributed by atoms with Gasteiger partial charge >= 0.3 is 6.09 Å². The van der Waals surface area contributed by atoms with Crippen LogP contribution in [0.15, 0.2) is 24.5 Å². The smallest absolute Gasteiger partial charge is 0.416 e. The van der Waals surface area contributed by atoms with Crippen LogP contribution in [-0.4, -0.2) is 31.8 Å². The first-order valence-corrected chi connectivity index (χ1v) is 11.1. The van der Waals surface area contributed by atoms with Crippen LogP contribution in [0.2, 0.25) is 0 Å². The Morgan fingerprint density at radius 2 is 1.77 bits per heavy atom. The van der Waals surface area contributed by atoms with Crippen molar-refractivity contribution in [2.24, 2.45) is 7.05 Å². The van der Waals surface area contributed by atoms with E-state index in [1.807, 2.05) is 45.4 Å². The summed E-state index contributed by atoms with van der Waals surface area (Å²) < 4.78 is 24.3. The Labute approximate surface area is 196 Å². The summed E-state index contributed by atoms with van der Waals surface area (Å²) in [6.45, 7) is 12.9. The van der Waals surface area contributed by atoms with Crippen molar-refractivity contribution in [3.63, 3.8) is 0 Å². The van der Waals surface area contributed by atoms with Gasteiger partial charge in [0, 0.05) is 33.3 Å². The van der Waals surface area contributed by atoms with E-state index in [1.165, 1.54) is 4.90 Å². The molecule has 0 saturated carbocycles. The number of nitrogens with zero attached hydrogens (tertiary/aromatic N) is 4. The van der Waals surface area contributed by atoms with Crippen LogP contribution in [0.5, 0.6) is 0 Å². The Morgan fingerprint density at radius 3 is 2.29 bits per heavy atom. The highest BCUT2D eigenvalue weighted by Gasteiger charge is 2.35. The fourth-order valence-electron chi connectivity index (χ4n) is 3.35. The van der Waals surface area contributed by atoms with Crippen LogP contribution in [0, 0.1) is 16.3 Å². The Morgan fingerprint density at radius 1 is 1.13 bits per heavy atom. The molecular weight excluding hydrogens is 510 g/mol. The number of rotatable bonds is 2. The third kappa shape index (κ3) is 4.53. The minimum atomic E-state index is -0.699. The number of carbonyl (C=O) groups excluding carboxylic acids is 1. The van der Waals surface area contributed by atoms with Gasteiger partial charge in [0.15, 0.2) is 0 Å². The Balaban J connectivity index is 2.33. The lowest BCUT2D eigenvalue weighted by atomic mass is 10.0. The highest BCUT2D eigenvalue weighted by molar-refractivity contribution is 14.1. The van der Waals surface area contributed by atoms with E-state index in [4.69, 9.17) is 4.74 Å². The van der Waals surface area contributed by atoms with E-state index < -0.39 is 23.1 Å². The van der Waals surface area contributed by atoms with Gasteiger partial charge in [-0.05, 0) is 77.1 Å². The standard InChI is InChI=1S/C23H28FIN4O2/c1-13-26-12-17(28(13)8)15-10-9-14-16(25)11-27-20(18(14)19(15)24)29(22(2,3)4)21(30)31-23(5,6)7/h9-12H,1-8H3. The molecular formula is C23H28FIN4O2. The largest absolute Gasteiger partial charge is 0.443 e. The van der Waals surface area contributed by atoms with E-state index in [-0.39, 0.29) is 11.2 Å². The molecule has 0 N–H and O–H groups in total. The molecule has 31 heavy (non-hydrogen) atoms. The number of benzene rings is 1. The molecule has 1 aromatic carbocycles. The van der Waals surface area contributed by atoms with Crippen molar-refractivity contribution in [1.82, 2.24) is 14.5 Å². The molecule has 0 atom stereocenters. The number of aryl methyl sites for hydroxylation is 1. The molecule has 0 bridgehead atoms. The molecule has 3 rings (SSSR count). The van der Waals surface area contributed by atoms with Crippen molar-refractivity contribution in [1.29, 1.82) is 0 Å². The molecule has 3 aromatic rings. The van der Waals surface area contributed by atoms with Gasteiger partial charge in [0.05, 0.1) is 17.3 Å². The van der Waals surface area contributed by atoms with Gasteiger partial charge in [-0.3, -0.25) is 4.90 Å². The molecule has 0 aliphatic carbocycles. The van der Waals surface area contributed by atoms with Crippen LogP contribution >= 0.6 is 22.6 Å². The quantitative estimate of drug-likeness (QED) is 0.363. The van der Waals surface area contributed by atoms with Crippen molar-refractivity contribution in [3.05, 3.63) is 39.7 Å². The Kier molecular flexibility index (Phi) is 6.07. The minimum absolute atomic E-state index is 0.232. The van der Waals surface area contributed by atoms with Gasteiger partial charge in [0.1, 0.15) is 23.1 Å². The van der Waals surface area contributed by atoms with Gasteiger partial charge in [0.2, 0.25) is 0 Å². The number of hydrogen-bond acceptors (Lipinski definition) is 4. The van der Waals surface area contributed by atoms with Gasteiger partial charge in [-0.1, -0.05) is 6.07 Å². The number of carbonyl (C=O) groups is 1. The van der Waals surface area contributed by atoms with Crippen molar-refractivity contribution >= 4 is 45.3 Å². The maximum Gasteiger partial charge on any atom is 0.416 e. The van der Waals surface area contributed by atoms with Crippen molar-refractivity contribution < 1.29 is 13.9 Å². The summed E-state index contributed by atoms with van der Waals surface area (Å²) in [5.74, 6) is 0.565. The van der Waals surface area contributed by atoms with E-state index in [0.29, 0.717) is 16.6 Å². The molecule has 166 valence electrons. The zero-order chi connectivity index (χ0) is 23.3. The summed E-state index contributed by atoms with van der Waals surface area (Å²) >= 11 is 2.13. The van der Waals surface area contributed by atoms with Gasteiger partial charge in [-0.25, -0.2) is 19.2 Å². The molecule has 0 saturated heterocycles. The summed E-state index contributed by atoms with van der Waals surface area (Å²) in [6, 6.07) is 3.61. The van der Waals surface area contributed by atoms with Gasteiger partial charge < -0.3 is 9.30 Å². The van der Waals surface area contributed by atoms with Gasteiger partial charge in [0.25, 0.3) is 0 Å². The lowest BCUT2D eigenvalue weighted by Gasteiger charge is -2.36. The summed E-state index contributed by atoms with van der Waals surface area (Å²) in [6.07, 6.45) is 2.72. The Hall–Kier alpha value is -2.23. The number of aromatic nitrogens is 3. The fraction of sp³-hybridized carbons (Fsp3) is 0.435. The highest BCUT2D eigenvalue weighted by atomic mass is 127. The lowest BCUT2D eigenvalue weighted by Crippen LogP contribution is -2.48. The normalized spacial score (nSPS) is 12.3. The fourth-order valence-corrected chi connectivity index (χ4v) is 3.94. The molecule has 6 nitrogen and oxygen atoms in total. The first-order chi connectivity index (χ1) is 14.2. The number of fused-ring (bicyclic) bond motifs is 1. The second kappa shape index (κ2) is 8.03. The van der Waals surface area contributed by atoms with Crippen LogP contribution in [0.25, 0.3) is 22.0 Å². The van der Waals surface area contributed by atoms with Crippen LogP contribution in [0.3, 0.4) is 0 Å². The molecule has 0 radical (unpaired) electrons. The van der Waals surface area contributed by atoms with Crippen LogP contribution in [0.1, 0.15) is 47.4 Å². The number of pyridine rings is 1. The minimum Gasteiger partial charge on any atom is -0.443 e.